The molecule has 1 saturated heterocycles. The number of carbonyl (C=O) groups excluding carboxylic acids is 2. The first-order chi connectivity index (χ1) is 13.3. The van der Waals surface area contributed by atoms with Gasteiger partial charge in [-0.25, -0.2) is 8.42 Å². The largest absolute Gasteiger partial charge is 0.326 e. The van der Waals surface area contributed by atoms with Crippen LogP contribution in [0, 0.1) is 5.92 Å². The summed E-state index contributed by atoms with van der Waals surface area (Å²) in [5.74, 6) is -0.515. The lowest BCUT2D eigenvalue weighted by atomic mass is 9.97. The summed E-state index contributed by atoms with van der Waals surface area (Å²) in [4.78, 5) is 24.2. The second-order valence-corrected chi connectivity index (χ2v) is 9.13. The smallest absolute Gasteiger partial charge is 0.243 e. The highest BCUT2D eigenvalue weighted by molar-refractivity contribution is 7.89. The summed E-state index contributed by atoms with van der Waals surface area (Å²) >= 11 is 5.82. The molecule has 1 heterocycles. The Balaban J connectivity index is 1.62. The van der Waals surface area contributed by atoms with Crippen LogP contribution in [-0.4, -0.2) is 37.5 Å². The Bertz CT molecular complexity index is 982. The average Bonchev–Trinajstić information content (AvgIpc) is 2.68. The molecule has 0 spiro atoms. The van der Waals surface area contributed by atoms with Crippen LogP contribution in [-0.2, 0) is 14.8 Å². The predicted molar refractivity (Wildman–Crippen MR) is 108 cm³/mol. The van der Waals surface area contributed by atoms with E-state index >= 15 is 0 Å². The number of sulfonamides is 1. The van der Waals surface area contributed by atoms with Gasteiger partial charge in [0.1, 0.15) is 0 Å². The number of ketones is 1. The maximum atomic E-state index is 12.7. The van der Waals surface area contributed by atoms with Crippen molar-refractivity contribution in [2.24, 2.45) is 5.92 Å². The summed E-state index contributed by atoms with van der Waals surface area (Å²) < 4.78 is 26.8. The molecule has 1 N–H and O–H groups in total. The van der Waals surface area contributed by atoms with Crippen molar-refractivity contribution in [3.8, 4) is 0 Å². The molecule has 0 bridgehead atoms. The van der Waals surface area contributed by atoms with Crippen molar-refractivity contribution < 1.29 is 18.0 Å². The standard InChI is InChI=1S/C20H21ClN2O4S/c1-14(24)16-3-2-4-18(13-16)22-20(25)15-9-11-23(12-10-15)28(26,27)19-7-5-17(21)6-8-19/h2-8,13,15H,9-12H2,1H3,(H,22,25). The number of piperidine rings is 1. The quantitative estimate of drug-likeness (QED) is 0.749. The van der Waals surface area contributed by atoms with Crippen LogP contribution < -0.4 is 5.32 Å². The van der Waals surface area contributed by atoms with Crippen molar-refractivity contribution >= 4 is 39.0 Å². The van der Waals surface area contributed by atoms with Crippen LogP contribution in [0.3, 0.4) is 0 Å². The van der Waals surface area contributed by atoms with Gasteiger partial charge in [-0.1, -0.05) is 23.7 Å². The fourth-order valence-corrected chi connectivity index (χ4v) is 4.77. The van der Waals surface area contributed by atoms with E-state index in [1.54, 1.807) is 36.4 Å². The van der Waals surface area contributed by atoms with Crippen molar-refractivity contribution in [1.82, 2.24) is 4.31 Å². The third-order valence-corrected chi connectivity index (χ3v) is 6.98. The zero-order valence-corrected chi connectivity index (χ0v) is 17.0. The number of Topliss-reactive ketones (excluding diaryl/α,β-unsaturated/α-hetero) is 1. The number of hydrogen-bond acceptors (Lipinski definition) is 4. The Hall–Kier alpha value is -2.22. The minimum atomic E-state index is -3.60. The van der Waals surface area contributed by atoms with Gasteiger partial charge >= 0.3 is 0 Å². The van der Waals surface area contributed by atoms with Gasteiger partial charge in [0, 0.05) is 35.3 Å². The highest BCUT2D eigenvalue weighted by Crippen LogP contribution is 2.25. The summed E-state index contributed by atoms with van der Waals surface area (Å²) in [5.41, 5.74) is 1.09. The Morgan fingerprint density at radius 1 is 1.07 bits per heavy atom. The Morgan fingerprint density at radius 2 is 1.71 bits per heavy atom. The number of nitrogens with one attached hydrogen (secondary N) is 1. The number of rotatable bonds is 5. The summed E-state index contributed by atoms with van der Waals surface area (Å²) in [5, 5.41) is 3.30. The van der Waals surface area contributed by atoms with E-state index in [2.05, 4.69) is 5.32 Å². The maximum Gasteiger partial charge on any atom is 0.243 e. The number of amides is 1. The average molecular weight is 421 g/mol. The molecule has 0 atom stereocenters. The fraction of sp³-hybridized carbons (Fsp3) is 0.300. The van der Waals surface area contributed by atoms with E-state index in [0.717, 1.165) is 0 Å². The van der Waals surface area contributed by atoms with Gasteiger partial charge in [0.2, 0.25) is 15.9 Å². The van der Waals surface area contributed by atoms with Crippen molar-refractivity contribution in [1.29, 1.82) is 0 Å². The highest BCUT2D eigenvalue weighted by atomic mass is 35.5. The molecule has 0 aromatic heterocycles. The van der Waals surface area contributed by atoms with Gasteiger partial charge < -0.3 is 5.32 Å². The van der Waals surface area contributed by atoms with Gasteiger partial charge in [-0.15, -0.1) is 0 Å². The third-order valence-electron chi connectivity index (χ3n) is 4.81. The molecule has 6 nitrogen and oxygen atoms in total. The number of nitrogens with zero attached hydrogens (tertiary/aromatic N) is 1. The van der Waals surface area contributed by atoms with E-state index in [1.165, 1.54) is 23.4 Å². The third kappa shape index (κ3) is 4.60. The van der Waals surface area contributed by atoms with E-state index in [0.29, 0.717) is 29.1 Å². The SMILES string of the molecule is CC(=O)c1cccc(NC(=O)C2CCN(S(=O)(=O)c3ccc(Cl)cc3)CC2)c1. The maximum absolute atomic E-state index is 12.7. The first-order valence-corrected chi connectivity index (χ1v) is 10.8. The van der Waals surface area contributed by atoms with Crippen LogP contribution in [0.25, 0.3) is 0 Å². The molecule has 0 unspecified atom stereocenters. The Kier molecular flexibility index (Phi) is 6.17. The molecule has 8 heteroatoms. The normalized spacial score (nSPS) is 15.9. The number of halogens is 1. The minimum Gasteiger partial charge on any atom is -0.326 e. The van der Waals surface area contributed by atoms with Crippen molar-refractivity contribution in [3.63, 3.8) is 0 Å². The monoisotopic (exact) mass is 420 g/mol. The van der Waals surface area contributed by atoms with Gasteiger partial charge in [0.05, 0.1) is 4.90 Å². The molecular weight excluding hydrogens is 400 g/mol. The molecule has 1 amide bonds. The highest BCUT2D eigenvalue weighted by Gasteiger charge is 2.32. The van der Waals surface area contributed by atoms with Crippen LogP contribution >= 0.6 is 11.6 Å². The first kappa shape index (κ1) is 20.5. The zero-order valence-electron chi connectivity index (χ0n) is 15.4. The van der Waals surface area contributed by atoms with E-state index in [9.17, 15) is 18.0 Å². The van der Waals surface area contributed by atoms with E-state index < -0.39 is 10.0 Å². The summed E-state index contributed by atoms with van der Waals surface area (Å²) in [6.07, 6.45) is 0.871. The lowest BCUT2D eigenvalue weighted by Crippen LogP contribution is -2.41. The number of carbonyl (C=O) groups is 2. The van der Waals surface area contributed by atoms with Crippen LogP contribution in [0.1, 0.15) is 30.1 Å². The van der Waals surface area contributed by atoms with Gasteiger partial charge in [-0.3, -0.25) is 9.59 Å². The van der Waals surface area contributed by atoms with Gasteiger partial charge in [-0.05, 0) is 56.2 Å². The molecule has 2 aromatic rings. The molecule has 3 rings (SSSR count). The Morgan fingerprint density at radius 3 is 2.32 bits per heavy atom. The van der Waals surface area contributed by atoms with E-state index in [4.69, 9.17) is 11.6 Å². The minimum absolute atomic E-state index is 0.0724. The molecular formula is C20H21ClN2O4S. The summed E-state index contributed by atoms with van der Waals surface area (Å²) in [6, 6.07) is 12.8. The fourth-order valence-electron chi connectivity index (χ4n) is 3.17. The first-order valence-electron chi connectivity index (χ1n) is 8.95. The molecule has 148 valence electrons. The number of benzene rings is 2. The number of anilines is 1. The Labute approximate surface area is 169 Å². The molecule has 1 aliphatic heterocycles. The zero-order chi connectivity index (χ0) is 20.3. The van der Waals surface area contributed by atoms with Crippen molar-refractivity contribution in [2.75, 3.05) is 18.4 Å². The molecule has 1 fully saturated rings. The molecule has 2 aromatic carbocycles. The van der Waals surface area contributed by atoms with E-state index in [1.807, 2.05) is 0 Å². The van der Waals surface area contributed by atoms with Gasteiger partial charge in [0.25, 0.3) is 0 Å². The van der Waals surface area contributed by atoms with Crippen LogP contribution in [0.2, 0.25) is 5.02 Å². The molecule has 0 aliphatic carbocycles. The van der Waals surface area contributed by atoms with E-state index in [-0.39, 0.29) is 35.6 Å². The topological polar surface area (TPSA) is 83.6 Å². The number of hydrogen-bond donors (Lipinski definition) is 1. The molecule has 1 aliphatic rings. The van der Waals surface area contributed by atoms with Gasteiger partial charge in [-0.2, -0.15) is 4.31 Å². The van der Waals surface area contributed by atoms with Crippen molar-refractivity contribution in [2.45, 2.75) is 24.7 Å². The molecule has 0 radical (unpaired) electrons. The lowest BCUT2D eigenvalue weighted by Gasteiger charge is -2.30. The second-order valence-electron chi connectivity index (χ2n) is 6.76. The van der Waals surface area contributed by atoms with Gasteiger partial charge in [0.15, 0.2) is 5.78 Å². The lowest BCUT2D eigenvalue weighted by molar-refractivity contribution is -0.120. The second kappa shape index (κ2) is 8.43. The van der Waals surface area contributed by atoms with Crippen LogP contribution in [0.5, 0.6) is 0 Å². The summed E-state index contributed by atoms with van der Waals surface area (Å²) in [7, 11) is -3.60. The molecule has 28 heavy (non-hydrogen) atoms. The molecule has 0 saturated carbocycles. The predicted octanol–water partition coefficient (Wildman–Crippen LogP) is 3.58. The van der Waals surface area contributed by atoms with Crippen LogP contribution in [0.15, 0.2) is 53.4 Å². The van der Waals surface area contributed by atoms with Crippen molar-refractivity contribution in [3.05, 3.63) is 59.1 Å². The van der Waals surface area contributed by atoms with Crippen LogP contribution in [0.4, 0.5) is 5.69 Å². The summed E-state index contributed by atoms with van der Waals surface area (Å²) in [6.45, 7) is 2.02.